The van der Waals surface area contributed by atoms with E-state index in [0.717, 1.165) is 6.42 Å². The van der Waals surface area contributed by atoms with Gasteiger partial charge in [-0.2, -0.15) is 0 Å². The van der Waals surface area contributed by atoms with Crippen LogP contribution >= 0.6 is 0 Å². The fourth-order valence-corrected chi connectivity index (χ4v) is 3.03. The number of benzene rings is 1. The van der Waals surface area contributed by atoms with Gasteiger partial charge in [0.15, 0.2) is 0 Å². The van der Waals surface area contributed by atoms with Gasteiger partial charge in [-0.3, -0.25) is 0 Å². The molecular weight excluding hydrogens is 220 g/mol. The number of aromatic amines is 1. The Labute approximate surface area is 109 Å². The van der Waals surface area contributed by atoms with Gasteiger partial charge in [0.25, 0.3) is 0 Å². The standard InChI is InChI=1S/C16H22N2/c1-11-12(2)18-16-10-13(6-7-15(11)16)9-14-5-3-4-8-17-14/h6-7,10,14,17-18H,3-5,8-9H2,1-2H3. The fraction of sp³-hybridized carbons (Fsp3) is 0.500. The predicted molar refractivity (Wildman–Crippen MR) is 77.1 cm³/mol. The Bertz CT molecular complexity index is 547. The summed E-state index contributed by atoms with van der Waals surface area (Å²) in [6.45, 7) is 5.53. The van der Waals surface area contributed by atoms with Gasteiger partial charge in [-0.25, -0.2) is 0 Å². The molecule has 2 nitrogen and oxygen atoms in total. The molecule has 1 fully saturated rings. The zero-order valence-corrected chi connectivity index (χ0v) is 11.3. The maximum absolute atomic E-state index is 3.62. The maximum atomic E-state index is 3.62. The molecule has 2 heteroatoms. The van der Waals surface area contributed by atoms with E-state index in [1.165, 1.54) is 53.5 Å². The summed E-state index contributed by atoms with van der Waals surface area (Å²) in [5.41, 5.74) is 5.41. The molecule has 0 saturated carbocycles. The lowest BCUT2D eigenvalue weighted by atomic mass is 9.97. The van der Waals surface area contributed by atoms with Crippen molar-refractivity contribution in [3.05, 3.63) is 35.0 Å². The minimum atomic E-state index is 0.674. The average Bonchev–Trinajstić information content (AvgIpc) is 2.66. The first-order valence-electron chi connectivity index (χ1n) is 7.05. The van der Waals surface area contributed by atoms with Crippen molar-refractivity contribution in [2.24, 2.45) is 0 Å². The van der Waals surface area contributed by atoms with Gasteiger partial charge in [-0.05, 0) is 56.8 Å². The number of hydrogen-bond donors (Lipinski definition) is 2. The molecule has 1 saturated heterocycles. The van der Waals surface area contributed by atoms with Crippen molar-refractivity contribution in [3.8, 4) is 0 Å². The Balaban J connectivity index is 1.84. The normalized spacial score (nSPS) is 20.4. The van der Waals surface area contributed by atoms with E-state index < -0.39 is 0 Å². The van der Waals surface area contributed by atoms with Crippen LogP contribution in [0.15, 0.2) is 18.2 Å². The quantitative estimate of drug-likeness (QED) is 0.829. The Morgan fingerprint density at radius 3 is 2.89 bits per heavy atom. The summed E-state index contributed by atoms with van der Waals surface area (Å²) in [6, 6.07) is 7.56. The number of H-pyrrole nitrogens is 1. The van der Waals surface area contributed by atoms with Crippen molar-refractivity contribution in [2.45, 2.75) is 45.6 Å². The van der Waals surface area contributed by atoms with E-state index in [2.05, 4.69) is 42.3 Å². The van der Waals surface area contributed by atoms with Gasteiger partial charge in [-0.1, -0.05) is 18.6 Å². The molecule has 1 unspecified atom stereocenters. The molecule has 2 aromatic rings. The average molecular weight is 242 g/mol. The van der Waals surface area contributed by atoms with E-state index in [0.29, 0.717) is 6.04 Å². The summed E-state index contributed by atoms with van der Waals surface area (Å²) < 4.78 is 0. The predicted octanol–water partition coefficient (Wildman–Crippen LogP) is 3.47. The van der Waals surface area contributed by atoms with E-state index in [-0.39, 0.29) is 0 Å². The molecule has 18 heavy (non-hydrogen) atoms. The Morgan fingerprint density at radius 1 is 1.22 bits per heavy atom. The first-order valence-corrected chi connectivity index (χ1v) is 7.05. The lowest BCUT2D eigenvalue weighted by Crippen LogP contribution is -2.35. The third kappa shape index (κ3) is 2.17. The maximum Gasteiger partial charge on any atom is 0.0461 e. The molecule has 1 aliphatic rings. The van der Waals surface area contributed by atoms with Crippen molar-refractivity contribution in [1.82, 2.24) is 10.3 Å². The van der Waals surface area contributed by atoms with Crippen LogP contribution in [0, 0.1) is 13.8 Å². The summed E-state index contributed by atoms with van der Waals surface area (Å²) in [5, 5.41) is 4.99. The second kappa shape index (κ2) is 4.77. The van der Waals surface area contributed by atoms with Gasteiger partial charge in [0, 0.05) is 22.6 Å². The molecule has 1 aromatic carbocycles. The number of aryl methyl sites for hydroxylation is 2. The first kappa shape index (κ1) is 11.8. The van der Waals surface area contributed by atoms with Crippen LogP contribution in [0.4, 0.5) is 0 Å². The van der Waals surface area contributed by atoms with Crippen molar-refractivity contribution in [2.75, 3.05) is 6.54 Å². The largest absolute Gasteiger partial charge is 0.358 e. The molecule has 1 atom stereocenters. The van der Waals surface area contributed by atoms with Crippen molar-refractivity contribution >= 4 is 10.9 Å². The molecule has 2 N–H and O–H groups in total. The van der Waals surface area contributed by atoms with Crippen molar-refractivity contribution < 1.29 is 0 Å². The monoisotopic (exact) mass is 242 g/mol. The van der Waals surface area contributed by atoms with E-state index >= 15 is 0 Å². The molecule has 0 bridgehead atoms. The van der Waals surface area contributed by atoms with Gasteiger partial charge in [0.1, 0.15) is 0 Å². The number of hydrogen-bond acceptors (Lipinski definition) is 1. The van der Waals surface area contributed by atoms with E-state index in [9.17, 15) is 0 Å². The highest BCUT2D eigenvalue weighted by Crippen LogP contribution is 2.23. The van der Waals surface area contributed by atoms with Crippen LogP contribution < -0.4 is 5.32 Å². The summed E-state index contributed by atoms with van der Waals surface area (Å²) in [4.78, 5) is 3.48. The fourth-order valence-electron chi connectivity index (χ4n) is 3.03. The van der Waals surface area contributed by atoms with E-state index in [1.54, 1.807) is 0 Å². The van der Waals surface area contributed by atoms with Gasteiger partial charge in [0.2, 0.25) is 0 Å². The van der Waals surface area contributed by atoms with Crippen LogP contribution in [-0.4, -0.2) is 17.6 Å². The molecule has 0 spiro atoms. The number of aromatic nitrogens is 1. The first-order chi connectivity index (χ1) is 8.74. The van der Waals surface area contributed by atoms with Crippen molar-refractivity contribution in [3.63, 3.8) is 0 Å². The Morgan fingerprint density at radius 2 is 2.11 bits per heavy atom. The number of piperidine rings is 1. The molecule has 1 aliphatic heterocycles. The summed E-state index contributed by atoms with van der Waals surface area (Å²) >= 11 is 0. The van der Waals surface area contributed by atoms with Crippen LogP contribution in [0.5, 0.6) is 0 Å². The highest BCUT2D eigenvalue weighted by atomic mass is 14.9. The summed E-state index contributed by atoms with van der Waals surface area (Å²) in [5.74, 6) is 0. The molecule has 0 aliphatic carbocycles. The third-order valence-corrected chi connectivity index (χ3v) is 4.27. The van der Waals surface area contributed by atoms with Crippen LogP contribution in [-0.2, 0) is 6.42 Å². The van der Waals surface area contributed by atoms with Crippen molar-refractivity contribution in [1.29, 1.82) is 0 Å². The molecule has 3 rings (SSSR count). The van der Waals surface area contributed by atoms with Crippen LogP contribution in [0.25, 0.3) is 10.9 Å². The molecular formula is C16H22N2. The van der Waals surface area contributed by atoms with Crippen LogP contribution in [0.1, 0.15) is 36.1 Å². The highest BCUT2D eigenvalue weighted by Gasteiger charge is 2.13. The number of rotatable bonds is 2. The Kier molecular flexibility index (Phi) is 3.13. The van der Waals surface area contributed by atoms with Gasteiger partial charge in [0.05, 0.1) is 0 Å². The molecule has 0 amide bonds. The highest BCUT2D eigenvalue weighted by molar-refractivity contribution is 5.84. The smallest absolute Gasteiger partial charge is 0.0461 e. The second-order valence-corrected chi connectivity index (χ2v) is 5.61. The zero-order valence-electron chi connectivity index (χ0n) is 11.3. The van der Waals surface area contributed by atoms with E-state index in [4.69, 9.17) is 0 Å². The minimum absolute atomic E-state index is 0.674. The second-order valence-electron chi connectivity index (χ2n) is 5.61. The topological polar surface area (TPSA) is 27.8 Å². The van der Waals surface area contributed by atoms with Crippen LogP contribution in [0.3, 0.4) is 0 Å². The molecule has 1 aromatic heterocycles. The number of fused-ring (bicyclic) bond motifs is 1. The Hall–Kier alpha value is -1.28. The van der Waals surface area contributed by atoms with Crippen LogP contribution in [0.2, 0.25) is 0 Å². The minimum Gasteiger partial charge on any atom is -0.358 e. The van der Waals surface area contributed by atoms with Gasteiger partial charge in [-0.15, -0.1) is 0 Å². The lowest BCUT2D eigenvalue weighted by molar-refractivity contribution is 0.399. The molecule has 96 valence electrons. The lowest BCUT2D eigenvalue weighted by Gasteiger charge is -2.23. The molecule has 2 heterocycles. The SMILES string of the molecule is Cc1[nH]c2cc(CC3CCCCN3)ccc2c1C. The summed E-state index contributed by atoms with van der Waals surface area (Å²) in [6.07, 6.45) is 5.19. The zero-order chi connectivity index (χ0) is 12.5. The molecule has 0 radical (unpaired) electrons. The third-order valence-electron chi connectivity index (χ3n) is 4.27. The number of nitrogens with one attached hydrogen (secondary N) is 2. The van der Waals surface area contributed by atoms with Gasteiger partial charge < -0.3 is 10.3 Å². The van der Waals surface area contributed by atoms with E-state index in [1.807, 2.05) is 0 Å². The van der Waals surface area contributed by atoms with Gasteiger partial charge >= 0.3 is 0 Å². The summed E-state index contributed by atoms with van der Waals surface area (Å²) in [7, 11) is 0.